The molecule has 0 unspecified atom stereocenters. The highest BCUT2D eigenvalue weighted by Crippen LogP contribution is 2.32. The van der Waals surface area contributed by atoms with Gasteiger partial charge in [-0.2, -0.15) is 16.3 Å². The van der Waals surface area contributed by atoms with Gasteiger partial charge in [0.2, 0.25) is 5.82 Å². The second-order valence-corrected chi connectivity index (χ2v) is 7.46. The zero-order valence-electron chi connectivity index (χ0n) is 15.6. The molecule has 0 fully saturated rings. The summed E-state index contributed by atoms with van der Waals surface area (Å²) in [6.45, 7) is 3.92. The minimum Gasteiger partial charge on any atom is -0.392 e. The van der Waals surface area contributed by atoms with E-state index in [4.69, 9.17) is 4.52 Å². The number of aliphatic hydroxyl groups excluding tert-OH is 2. The van der Waals surface area contributed by atoms with Crippen LogP contribution in [0.2, 0.25) is 0 Å². The van der Waals surface area contributed by atoms with Crippen LogP contribution in [0, 0.1) is 13.8 Å². The third kappa shape index (κ3) is 3.38. The summed E-state index contributed by atoms with van der Waals surface area (Å²) in [5, 5.41) is 27.2. The molecule has 0 radical (unpaired) electrons. The maximum atomic E-state index is 9.48. The maximum Gasteiger partial charge on any atom is 0.258 e. The molecular formula is C22H20N2O3S. The molecule has 0 bridgehead atoms. The van der Waals surface area contributed by atoms with Crippen molar-refractivity contribution < 1.29 is 14.7 Å². The monoisotopic (exact) mass is 392 g/mol. The molecule has 2 N–H and O–H groups in total. The third-order valence-corrected chi connectivity index (χ3v) is 5.71. The van der Waals surface area contributed by atoms with Crippen LogP contribution in [0.15, 0.2) is 51.7 Å². The molecule has 0 aliphatic rings. The fourth-order valence-electron chi connectivity index (χ4n) is 3.26. The maximum absolute atomic E-state index is 9.48. The molecule has 2 heterocycles. The molecule has 2 aromatic carbocycles. The van der Waals surface area contributed by atoms with E-state index in [0.29, 0.717) is 22.8 Å². The van der Waals surface area contributed by atoms with Crippen molar-refractivity contribution in [1.82, 2.24) is 10.1 Å². The number of nitrogens with zero attached hydrogens (tertiary/aromatic N) is 2. The largest absolute Gasteiger partial charge is 0.392 e. The van der Waals surface area contributed by atoms with Gasteiger partial charge in [-0.15, -0.1) is 0 Å². The van der Waals surface area contributed by atoms with Crippen LogP contribution in [0.4, 0.5) is 0 Å². The fourth-order valence-corrected chi connectivity index (χ4v) is 4.11. The second-order valence-electron chi connectivity index (χ2n) is 6.72. The van der Waals surface area contributed by atoms with Gasteiger partial charge in [0.15, 0.2) is 0 Å². The Bertz CT molecular complexity index is 1130. The first-order valence-electron chi connectivity index (χ1n) is 8.92. The molecular weight excluding hydrogens is 372 g/mol. The predicted molar refractivity (Wildman–Crippen MR) is 110 cm³/mol. The van der Waals surface area contributed by atoms with Gasteiger partial charge in [-0.25, -0.2) is 0 Å². The highest BCUT2D eigenvalue weighted by molar-refractivity contribution is 7.08. The number of thiophene rings is 1. The first-order chi connectivity index (χ1) is 13.6. The summed E-state index contributed by atoms with van der Waals surface area (Å²) in [5.74, 6) is 0.896. The predicted octanol–water partition coefficient (Wildman–Crippen LogP) is 4.73. The van der Waals surface area contributed by atoms with Gasteiger partial charge >= 0.3 is 0 Å². The van der Waals surface area contributed by atoms with Gasteiger partial charge in [0.25, 0.3) is 5.89 Å². The average Bonchev–Trinajstić information content (AvgIpc) is 3.37. The first-order valence-corrected chi connectivity index (χ1v) is 9.86. The van der Waals surface area contributed by atoms with Crippen molar-refractivity contribution in [2.24, 2.45) is 0 Å². The average molecular weight is 392 g/mol. The Morgan fingerprint density at radius 2 is 1.64 bits per heavy atom. The number of hydrogen-bond acceptors (Lipinski definition) is 6. The molecule has 4 aromatic rings. The molecule has 0 aliphatic heterocycles. The summed E-state index contributed by atoms with van der Waals surface area (Å²) in [6.07, 6.45) is 0. The Morgan fingerprint density at radius 3 is 2.32 bits per heavy atom. The lowest BCUT2D eigenvalue weighted by atomic mass is 9.98. The molecule has 0 atom stereocenters. The van der Waals surface area contributed by atoms with E-state index in [1.54, 1.807) is 23.5 Å². The lowest BCUT2D eigenvalue weighted by molar-refractivity contribution is 0.260. The van der Waals surface area contributed by atoms with E-state index in [-0.39, 0.29) is 13.2 Å². The van der Waals surface area contributed by atoms with Crippen LogP contribution in [0.3, 0.4) is 0 Å². The molecule has 142 valence electrons. The summed E-state index contributed by atoms with van der Waals surface area (Å²) in [5.41, 5.74) is 7.80. The van der Waals surface area contributed by atoms with E-state index in [1.807, 2.05) is 12.1 Å². The molecule has 0 saturated carbocycles. The lowest BCUT2D eigenvalue weighted by Crippen LogP contribution is -1.95. The van der Waals surface area contributed by atoms with Crippen LogP contribution < -0.4 is 0 Å². The number of hydrogen-bond donors (Lipinski definition) is 2. The Balaban J connectivity index is 1.66. The summed E-state index contributed by atoms with van der Waals surface area (Å²) < 4.78 is 5.47. The number of aromatic nitrogens is 2. The van der Waals surface area contributed by atoms with Crippen molar-refractivity contribution >= 4 is 11.3 Å². The van der Waals surface area contributed by atoms with Gasteiger partial charge in [-0.05, 0) is 76.2 Å². The molecule has 28 heavy (non-hydrogen) atoms. The molecule has 2 aromatic heterocycles. The first kappa shape index (κ1) is 18.6. The van der Waals surface area contributed by atoms with E-state index >= 15 is 0 Å². The second kappa shape index (κ2) is 7.67. The summed E-state index contributed by atoms with van der Waals surface area (Å²) in [6, 6.07) is 11.5. The molecule has 6 heteroatoms. The Morgan fingerprint density at radius 1 is 0.857 bits per heavy atom. The molecule has 0 amide bonds. The van der Waals surface area contributed by atoms with Crippen LogP contribution in [0.5, 0.6) is 0 Å². The van der Waals surface area contributed by atoms with Gasteiger partial charge in [0.1, 0.15) is 0 Å². The van der Waals surface area contributed by atoms with Gasteiger partial charge in [0.05, 0.1) is 13.2 Å². The van der Waals surface area contributed by atoms with Crippen LogP contribution in [0.1, 0.15) is 22.3 Å². The summed E-state index contributed by atoms with van der Waals surface area (Å²) in [4.78, 5) is 4.51. The van der Waals surface area contributed by atoms with Crippen molar-refractivity contribution in [2.45, 2.75) is 27.1 Å². The van der Waals surface area contributed by atoms with Crippen molar-refractivity contribution in [3.05, 3.63) is 69.4 Å². The zero-order valence-corrected chi connectivity index (χ0v) is 16.5. The molecule has 0 aliphatic carbocycles. The highest BCUT2D eigenvalue weighted by atomic mass is 32.1. The normalized spacial score (nSPS) is 11.1. The SMILES string of the molecule is Cc1cc(-c2nc(-c3ccc(CO)c(CO)c3)no2)ccc1-c1cscc1C. The quantitative estimate of drug-likeness (QED) is 0.513. The van der Waals surface area contributed by atoms with Crippen LogP contribution in [-0.2, 0) is 13.2 Å². The van der Waals surface area contributed by atoms with Crippen LogP contribution in [-0.4, -0.2) is 20.4 Å². The molecule has 0 spiro atoms. The van der Waals surface area contributed by atoms with Gasteiger partial charge < -0.3 is 14.7 Å². The van der Waals surface area contributed by atoms with Crippen molar-refractivity contribution in [2.75, 3.05) is 0 Å². The lowest BCUT2D eigenvalue weighted by Gasteiger charge is -2.07. The Labute approximate surface area is 166 Å². The smallest absolute Gasteiger partial charge is 0.258 e. The van der Waals surface area contributed by atoms with Crippen LogP contribution in [0.25, 0.3) is 34.0 Å². The summed E-state index contributed by atoms with van der Waals surface area (Å²) in [7, 11) is 0. The minimum absolute atomic E-state index is 0.122. The molecule has 4 rings (SSSR count). The van der Waals surface area contributed by atoms with Crippen molar-refractivity contribution in [3.63, 3.8) is 0 Å². The third-order valence-electron chi connectivity index (χ3n) is 4.85. The van der Waals surface area contributed by atoms with E-state index < -0.39 is 0 Å². The fraction of sp³-hybridized carbons (Fsp3) is 0.182. The number of benzene rings is 2. The van der Waals surface area contributed by atoms with E-state index in [0.717, 1.165) is 16.7 Å². The van der Waals surface area contributed by atoms with Gasteiger partial charge in [-0.1, -0.05) is 23.4 Å². The number of aliphatic hydroxyl groups is 2. The standard InChI is InChI=1S/C22H20N2O3S/c1-13-7-16(5-6-19(13)20-12-28-11-14(20)2)22-23-21(24-27-22)15-3-4-17(9-25)18(8-15)10-26/h3-8,11-12,25-26H,9-10H2,1-2H3. The minimum atomic E-state index is -0.156. The van der Waals surface area contributed by atoms with Crippen molar-refractivity contribution in [1.29, 1.82) is 0 Å². The number of aryl methyl sites for hydroxylation is 2. The van der Waals surface area contributed by atoms with Gasteiger partial charge in [-0.3, -0.25) is 0 Å². The number of rotatable bonds is 5. The molecule has 0 saturated heterocycles. The molecule has 5 nitrogen and oxygen atoms in total. The zero-order chi connectivity index (χ0) is 19.7. The van der Waals surface area contributed by atoms with Crippen LogP contribution >= 0.6 is 11.3 Å². The topological polar surface area (TPSA) is 79.4 Å². The van der Waals surface area contributed by atoms with Gasteiger partial charge in [0, 0.05) is 11.1 Å². The van der Waals surface area contributed by atoms with E-state index in [9.17, 15) is 10.2 Å². The van der Waals surface area contributed by atoms with Crippen molar-refractivity contribution in [3.8, 4) is 34.0 Å². The van der Waals surface area contributed by atoms with E-state index in [1.165, 1.54) is 16.7 Å². The highest BCUT2D eigenvalue weighted by Gasteiger charge is 2.14. The summed E-state index contributed by atoms with van der Waals surface area (Å²) >= 11 is 1.70. The van der Waals surface area contributed by atoms with E-state index in [2.05, 4.69) is 46.9 Å². The Kier molecular flexibility index (Phi) is 5.09. The Hall–Kier alpha value is -2.80.